The van der Waals surface area contributed by atoms with E-state index in [2.05, 4.69) is 238 Å². The van der Waals surface area contributed by atoms with Crippen LogP contribution >= 0.6 is 0 Å². The molecule has 27 heteroatoms. The molecule has 0 radical (unpaired) electrons. The Hall–Kier alpha value is -9.86. The molecule has 20 rings (SSSR count). The van der Waals surface area contributed by atoms with E-state index in [1.165, 1.54) is 102 Å². The number of fused-ring (bicyclic) bond motifs is 4. The fourth-order valence-corrected chi connectivity index (χ4v) is 27.9. The number of hydrogen-bond acceptors (Lipinski definition) is 18. The molecule has 0 unspecified atom stereocenters. The molecule has 10 aromatic carbocycles. The summed E-state index contributed by atoms with van der Waals surface area (Å²) in [7, 11) is -5.48. The van der Waals surface area contributed by atoms with Gasteiger partial charge in [0.25, 0.3) is 10.0 Å². The van der Waals surface area contributed by atoms with Gasteiger partial charge in [-0.1, -0.05) is 224 Å². The maximum absolute atomic E-state index is 13.4. The van der Waals surface area contributed by atoms with Crippen LogP contribution in [0.3, 0.4) is 0 Å². The Morgan fingerprint density at radius 2 is 0.743 bits per heavy atom. The lowest BCUT2D eigenvalue weighted by molar-refractivity contribution is -0.138. The summed E-state index contributed by atoms with van der Waals surface area (Å²) in [6.45, 7) is 21.9. The Morgan fingerprint density at radius 1 is 0.400 bits per heavy atom. The number of sulfonamides is 3. The molecule has 9 saturated heterocycles. The fourth-order valence-electron chi connectivity index (χ4n) is 23.3. The van der Waals surface area contributed by atoms with E-state index < -0.39 is 35.9 Å². The minimum absolute atomic E-state index is 0.0213. The third-order valence-corrected chi connectivity index (χ3v) is 36.3. The van der Waals surface area contributed by atoms with Gasteiger partial charge in [0.1, 0.15) is 5.82 Å². The predicted molar refractivity (Wildman–Crippen MR) is 551 cm³/mol. The number of halogens is 1. The van der Waals surface area contributed by atoms with E-state index in [1.807, 2.05) is 48.5 Å². The molecule has 0 bridgehead atoms. The van der Waals surface area contributed by atoms with Crippen LogP contribution in [0.4, 0.5) is 4.39 Å². The van der Waals surface area contributed by atoms with Crippen LogP contribution in [0, 0.1) is 33.5 Å². The highest BCUT2D eigenvalue weighted by molar-refractivity contribution is 7.89. The summed E-state index contributed by atoms with van der Waals surface area (Å²) in [6, 6.07) is 84.2. The lowest BCUT2D eigenvalue weighted by Crippen LogP contribution is -2.68. The van der Waals surface area contributed by atoms with Gasteiger partial charge in [0.05, 0.1) is 63.2 Å². The maximum atomic E-state index is 13.4. The van der Waals surface area contributed by atoms with Gasteiger partial charge in [-0.2, -0.15) is 8.61 Å². The zero-order chi connectivity index (χ0) is 97.8. The molecule has 0 saturated carbocycles. The van der Waals surface area contributed by atoms with Crippen LogP contribution in [0.25, 0.3) is 44.5 Å². The summed E-state index contributed by atoms with van der Waals surface area (Å²) >= 11 is 0. The highest BCUT2D eigenvalue weighted by atomic mass is 32.2. The molecular weight excluding hydrogens is 1820 g/mol. The number of nitrogens with zero attached hydrogens (tertiary/aromatic N) is 11. The molecule has 12 atom stereocenters. The molecule has 1 amide bonds. The Labute approximate surface area is 828 Å². The topological polar surface area (TPSA) is 235 Å². The van der Waals surface area contributed by atoms with Gasteiger partial charge in [-0.15, -0.1) is 0 Å². The lowest BCUT2D eigenvalue weighted by Gasteiger charge is -2.57. The first-order chi connectivity index (χ1) is 67.9. The molecule has 11 aromatic rings. The van der Waals surface area contributed by atoms with E-state index in [9.17, 15) is 44.7 Å². The normalized spacial score (nSPS) is 24.3. The number of ether oxygens (including phenoxy) is 3. The summed E-state index contributed by atoms with van der Waals surface area (Å²) in [4.78, 5) is 31.5. The fraction of sp³-hybridized carbons (Fsp3) is 0.434. The number of aryl methyl sites for hydroxylation is 5. The second-order valence-electron chi connectivity index (χ2n) is 39.3. The zero-order valence-electron chi connectivity index (χ0n) is 82.0. The van der Waals surface area contributed by atoms with Crippen LogP contribution in [0.15, 0.2) is 271 Å². The first-order valence-electron chi connectivity index (χ1n) is 50.1. The van der Waals surface area contributed by atoms with Crippen molar-refractivity contribution in [1.82, 2.24) is 51.9 Å². The van der Waals surface area contributed by atoms with E-state index in [1.54, 1.807) is 51.3 Å². The van der Waals surface area contributed by atoms with Crippen molar-refractivity contribution in [2.75, 3.05) is 152 Å². The SMILES string of the molecule is COC[C@@H]1[C@@H](c2ccc(-c3ccccc3C)cc2)[C@@H]2CN(C(=O)CN3CCOCC3)CCCCN12.COC[C@@H]1[C@H](c2ccc(-c3ccccc3C)cc2)[C@@H]2CN(S(=O)(=O)c3cn(C)cn3)CCCCN12.Cc1ccccc1-c1ccc([C@H]2[C@@H](CO)N3CCCCN(S(=O)(=O)Cc4ccccc4)C[C@@H]23)cc1.Cc1ccccc1-c1ccc([C@H]2[C@@H](CO)N3CCCCN(S(=O)(=O)c4ccc(F)cc4)C[C@@H]23)cc1. The summed E-state index contributed by atoms with van der Waals surface area (Å²) in [5, 5.41) is 20.6. The molecule has 0 spiro atoms. The maximum Gasteiger partial charge on any atom is 0.262 e. The van der Waals surface area contributed by atoms with Gasteiger partial charge in [-0.3, -0.25) is 29.3 Å². The molecule has 9 aliphatic rings. The molecule has 1 aromatic heterocycles. The molecule has 0 aliphatic carbocycles. The molecule has 140 heavy (non-hydrogen) atoms. The zero-order valence-corrected chi connectivity index (χ0v) is 84.4. The van der Waals surface area contributed by atoms with E-state index in [4.69, 9.17) is 14.2 Å². The second-order valence-corrected chi connectivity index (χ2v) is 45.1. The summed E-state index contributed by atoms with van der Waals surface area (Å²) in [5.74, 6) is 0.561. The van der Waals surface area contributed by atoms with Crippen molar-refractivity contribution in [3.8, 4) is 44.5 Å². The van der Waals surface area contributed by atoms with Gasteiger partial charge < -0.3 is 33.9 Å². The van der Waals surface area contributed by atoms with Gasteiger partial charge in [-0.25, -0.2) is 38.9 Å². The average Bonchev–Trinajstić information content (AvgIpc) is 0.820. The van der Waals surface area contributed by atoms with E-state index in [0.717, 1.165) is 140 Å². The number of carbonyl (C=O) groups excluding carboxylic acids is 1. The minimum atomic E-state index is -3.74. The quantitative estimate of drug-likeness (QED) is 0.0606. The molecular formula is C113H138FN11O12S3. The van der Waals surface area contributed by atoms with Gasteiger partial charge in [0, 0.05) is 165 Å². The second kappa shape index (κ2) is 46.2. The highest BCUT2D eigenvalue weighted by Crippen LogP contribution is 2.49. The number of rotatable bonds is 23. The highest BCUT2D eigenvalue weighted by Gasteiger charge is 2.55. The average molecular weight is 1960 g/mol. The van der Waals surface area contributed by atoms with Crippen LogP contribution in [-0.4, -0.2) is 294 Å². The van der Waals surface area contributed by atoms with Gasteiger partial charge >= 0.3 is 0 Å². The third-order valence-electron chi connectivity index (χ3n) is 30.8. The number of benzene rings is 10. The van der Waals surface area contributed by atoms with Crippen molar-refractivity contribution in [2.24, 2.45) is 7.05 Å². The third kappa shape index (κ3) is 22.7. The molecule has 742 valence electrons. The van der Waals surface area contributed by atoms with Crippen LogP contribution in [-0.2, 0) is 61.9 Å². The largest absolute Gasteiger partial charge is 0.395 e. The summed E-state index contributed by atoms with van der Waals surface area (Å²) in [6.07, 6.45) is 10.5. The number of morpholine rings is 1. The minimum Gasteiger partial charge on any atom is -0.395 e. The first-order valence-corrected chi connectivity index (χ1v) is 54.6. The lowest BCUT2D eigenvalue weighted by atomic mass is 9.74. The Kier molecular flexibility index (Phi) is 33.6. The van der Waals surface area contributed by atoms with Crippen molar-refractivity contribution < 1.29 is 58.9 Å². The van der Waals surface area contributed by atoms with E-state index >= 15 is 0 Å². The number of methoxy groups -OCH3 is 2. The van der Waals surface area contributed by atoms with Crippen LogP contribution in [0.2, 0.25) is 0 Å². The molecule has 10 heterocycles. The van der Waals surface area contributed by atoms with Gasteiger partial charge in [0.15, 0.2) is 5.03 Å². The molecule has 9 fully saturated rings. The number of aliphatic hydroxyl groups excluding tert-OH is 2. The molecule has 9 aliphatic heterocycles. The first kappa shape index (κ1) is 102. The van der Waals surface area contributed by atoms with Crippen molar-refractivity contribution >= 4 is 36.0 Å². The van der Waals surface area contributed by atoms with Crippen LogP contribution in [0.5, 0.6) is 0 Å². The number of aliphatic hydroxyl groups is 2. The van der Waals surface area contributed by atoms with Crippen molar-refractivity contribution in [1.29, 1.82) is 0 Å². The van der Waals surface area contributed by atoms with Crippen molar-refractivity contribution in [3.63, 3.8) is 0 Å². The molecule has 2 N–H and O–H groups in total. The van der Waals surface area contributed by atoms with Gasteiger partial charge in [-0.05, 0) is 224 Å². The van der Waals surface area contributed by atoms with Crippen molar-refractivity contribution in [3.05, 3.63) is 317 Å². The summed E-state index contributed by atoms with van der Waals surface area (Å²) in [5.41, 5.74) is 20.4. The number of aromatic nitrogens is 2. The summed E-state index contributed by atoms with van der Waals surface area (Å²) < 4.78 is 117. The number of amides is 1. The Bertz CT molecular complexity index is 6310. The molecule has 23 nitrogen and oxygen atoms in total. The number of imidazole rings is 1. The Balaban J connectivity index is 0.000000129. The van der Waals surface area contributed by atoms with E-state index in [0.29, 0.717) is 70.4 Å². The van der Waals surface area contributed by atoms with Gasteiger partial charge in [0.2, 0.25) is 26.0 Å². The van der Waals surface area contributed by atoms with E-state index in [-0.39, 0.29) is 88.8 Å². The monoisotopic (exact) mass is 1960 g/mol. The van der Waals surface area contributed by atoms with Crippen molar-refractivity contribution in [2.45, 2.75) is 167 Å². The number of carbonyl (C=O) groups is 1. The van der Waals surface area contributed by atoms with Crippen LogP contribution in [0.1, 0.15) is 125 Å². The van der Waals surface area contributed by atoms with Crippen LogP contribution < -0.4 is 0 Å². The predicted octanol–water partition coefficient (Wildman–Crippen LogP) is 15.9. The smallest absolute Gasteiger partial charge is 0.262 e. The number of hydrogen-bond donors (Lipinski definition) is 2. The standard InChI is InChI=1S/C29H39N3O3.C29H34N2O3S.C28H31FN2O3S.C27H34N4O3S/c1-22-7-3-4-8-25(22)23-9-11-24(12-10-23)29-26-19-31(28(33)20-30-15-17-35-18-16-30)13-5-6-14-32(26)27(29)21-34-2;1-22-9-5-6-12-26(22)24-13-15-25(16-14-24)29-27-19-30(17-7-8-18-31(27)28(29)20-32)35(33,34)21-23-10-3-2-4-11-23;1-20-6-2-3-7-25(20)21-8-10-22(11-9-21)28-26-18-30(16-4-5-17-31(26)27(28)19-32)35(33,34)24-14-12-23(29)13-15-24;1-20-8-4-5-9-23(20)21-10-12-22(13-11-21)27-24-16-30(35(32,33)26-17-29(2)19-28-26)14-6-7-15-31(24)25(27)18-34-3/h3-4,7-12,26-27,29H,5-6,13-21H2,1-2H3;2-6,9-16,27-29,32H,7-8,17-21H2,1H3;2-3,6-15,26-28,32H,4-5,16-19H2,1H3;4-5,8-13,17,19,24-25,27H,6-7,14-16,18H2,1-3H3/t26-,27+,29-;27-,28+,29+;26-,27+,28+;24-,25+,27+/m0000/s1. The Morgan fingerprint density at radius 3 is 1.12 bits per heavy atom.